The van der Waals surface area contributed by atoms with Gasteiger partial charge in [0.2, 0.25) is 0 Å². The topological polar surface area (TPSA) is 55.1 Å². The molecule has 0 aliphatic heterocycles. The minimum atomic E-state index is -0.114. The molecule has 4 heteroatoms. The molecule has 106 valence electrons. The van der Waals surface area contributed by atoms with E-state index in [9.17, 15) is 4.79 Å². The molecule has 0 atom stereocenters. The van der Waals surface area contributed by atoms with Gasteiger partial charge >= 0.3 is 0 Å². The van der Waals surface area contributed by atoms with Crippen molar-refractivity contribution in [3.05, 3.63) is 45.6 Å². The zero-order valence-electron chi connectivity index (χ0n) is 12.3. The van der Waals surface area contributed by atoms with Crippen LogP contribution in [0, 0.1) is 6.92 Å². The minimum absolute atomic E-state index is 0.0148. The van der Waals surface area contributed by atoms with E-state index in [0.29, 0.717) is 16.3 Å². The van der Waals surface area contributed by atoms with Crippen LogP contribution < -0.4 is 11.1 Å². The quantitative estimate of drug-likeness (QED) is 0.814. The highest BCUT2D eigenvalue weighted by atomic mass is 32.1. The Bertz CT molecular complexity index is 625. The van der Waals surface area contributed by atoms with Crippen LogP contribution in [0.4, 0.5) is 11.4 Å². The van der Waals surface area contributed by atoms with Gasteiger partial charge in [0.05, 0.1) is 16.3 Å². The highest BCUT2D eigenvalue weighted by Gasteiger charge is 2.18. The van der Waals surface area contributed by atoms with E-state index in [1.807, 2.05) is 24.4 Å². The van der Waals surface area contributed by atoms with Crippen LogP contribution in [0.1, 0.15) is 41.6 Å². The molecule has 0 bridgehead atoms. The first-order valence-electron chi connectivity index (χ1n) is 6.54. The number of benzene rings is 1. The third-order valence-corrected chi connectivity index (χ3v) is 4.11. The molecule has 2 aromatic rings. The number of carbonyl (C=O) groups is 1. The SMILES string of the molecule is Cc1cc(C(C)(C)C)cc(NC(=O)c2cccs2)c1N. The maximum absolute atomic E-state index is 12.1. The minimum Gasteiger partial charge on any atom is -0.397 e. The van der Waals surface area contributed by atoms with Gasteiger partial charge in [-0.2, -0.15) is 0 Å². The second-order valence-corrected chi connectivity index (χ2v) is 6.88. The molecule has 0 aliphatic carbocycles. The molecular formula is C16H20N2OS. The molecule has 0 saturated carbocycles. The van der Waals surface area contributed by atoms with Gasteiger partial charge in [-0.05, 0) is 41.0 Å². The summed E-state index contributed by atoms with van der Waals surface area (Å²) < 4.78 is 0. The van der Waals surface area contributed by atoms with Crippen LogP contribution in [-0.2, 0) is 5.41 Å². The van der Waals surface area contributed by atoms with Gasteiger partial charge in [0.15, 0.2) is 0 Å². The van der Waals surface area contributed by atoms with E-state index in [4.69, 9.17) is 5.73 Å². The van der Waals surface area contributed by atoms with E-state index < -0.39 is 0 Å². The highest BCUT2D eigenvalue weighted by molar-refractivity contribution is 7.12. The first kappa shape index (κ1) is 14.6. The molecular weight excluding hydrogens is 268 g/mol. The lowest BCUT2D eigenvalue weighted by atomic mass is 9.85. The van der Waals surface area contributed by atoms with Gasteiger partial charge in [0.1, 0.15) is 0 Å². The predicted octanol–water partition coefficient (Wildman–Crippen LogP) is 4.19. The lowest BCUT2D eigenvalue weighted by molar-refractivity contribution is 0.103. The van der Waals surface area contributed by atoms with Crippen molar-refractivity contribution >= 4 is 28.6 Å². The van der Waals surface area contributed by atoms with Crippen molar-refractivity contribution in [2.75, 3.05) is 11.1 Å². The van der Waals surface area contributed by atoms with Gasteiger partial charge in [0, 0.05) is 0 Å². The molecule has 0 radical (unpaired) electrons. The van der Waals surface area contributed by atoms with Crippen LogP contribution in [0.2, 0.25) is 0 Å². The van der Waals surface area contributed by atoms with Crippen LogP contribution in [0.3, 0.4) is 0 Å². The number of anilines is 2. The number of nitrogens with two attached hydrogens (primary N) is 1. The number of hydrogen-bond donors (Lipinski definition) is 2. The van der Waals surface area contributed by atoms with Gasteiger partial charge in [-0.1, -0.05) is 32.9 Å². The molecule has 2 rings (SSSR count). The maximum Gasteiger partial charge on any atom is 0.265 e. The lowest BCUT2D eigenvalue weighted by Gasteiger charge is -2.22. The van der Waals surface area contributed by atoms with E-state index >= 15 is 0 Å². The van der Waals surface area contributed by atoms with Crippen molar-refractivity contribution in [3.63, 3.8) is 0 Å². The van der Waals surface area contributed by atoms with Crippen molar-refractivity contribution in [1.29, 1.82) is 0 Å². The molecule has 1 amide bonds. The van der Waals surface area contributed by atoms with E-state index in [-0.39, 0.29) is 11.3 Å². The van der Waals surface area contributed by atoms with Crippen LogP contribution in [0.25, 0.3) is 0 Å². The van der Waals surface area contributed by atoms with Crippen molar-refractivity contribution in [2.45, 2.75) is 33.1 Å². The summed E-state index contributed by atoms with van der Waals surface area (Å²) in [4.78, 5) is 12.8. The molecule has 20 heavy (non-hydrogen) atoms. The number of nitrogens with one attached hydrogen (secondary N) is 1. The van der Waals surface area contributed by atoms with Crippen molar-refractivity contribution in [2.24, 2.45) is 0 Å². The average Bonchev–Trinajstić information content (AvgIpc) is 2.87. The fourth-order valence-electron chi connectivity index (χ4n) is 1.93. The molecule has 3 nitrogen and oxygen atoms in total. The highest BCUT2D eigenvalue weighted by Crippen LogP contribution is 2.31. The Morgan fingerprint density at radius 2 is 2.00 bits per heavy atom. The summed E-state index contributed by atoms with van der Waals surface area (Å²) in [5, 5.41) is 4.80. The Kier molecular flexibility index (Phi) is 3.86. The fourth-order valence-corrected chi connectivity index (χ4v) is 2.55. The van der Waals surface area contributed by atoms with Gasteiger partial charge in [-0.3, -0.25) is 4.79 Å². The first-order valence-corrected chi connectivity index (χ1v) is 7.42. The smallest absolute Gasteiger partial charge is 0.265 e. The molecule has 0 unspecified atom stereocenters. The monoisotopic (exact) mass is 288 g/mol. The normalized spacial score (nSPS) is 11.4. The van der Waals surface area contributed by atoms with Gasteiger partial charge < -0.3 is 11.1 Å². The Morgan fingerprint density at radius 1 is 1.30 bits per heavy atom. The number of carbonyl (C=O) groups excluding carboxylic acids is 1. The standard InChI is InChI=1S/C16H20N2OS/c1-10-8-11(16(2,3)4)9-12(14(10)17)18-15(19)13-6-5-7-20-13/h5-9H,17H2,1-4H3,(H,18,19). The number of amides is 1. The zero-order chi connectivity index (χ0) is 14.9. The molecule has 0 saturated heterocycles. The Hall–Kier alpha value is -1.81. The Balaban J connectivity index is 2.36. The number of aryl methyl sites for hydroxylation is 1. The maximum atomic E-state index is 12.1. The van der Waals surface area contributed by atoms with Crippen LogP contribution in [0.5, 0.6) is 0 Å². The molecule has 1 aromatic carbocycles. The van der Waals surface area contributed by atoms with Crippen LogP contribution in [-0.4, -0.2) is 5.91 Å². The first-order chi connectivity index (χ1) is 9.29. The summed E-state index contributed by atoms with van der Waals surface area (Å²) >= 11 is 1.42. The predicted molar refractivity (Wildman–Crippen MR) is 86.6 cm³/mol. The largest absolute Gasteiger partial charge is 0.397 e. The molecule has 0 spiro atoms. The summed E-state index contributed by atoms with van der Waals surface area (Å²) in [7, 11) is 0. The average molecular weight is 288 g/mol. The van der Waals surface area contributed by atoms with Crippen molar-refractivity contribution in [1.82, 2.24) is 0 Å². The zero-order valence-corrected chi connectivity index (χ0v) is 13.1. The van der Waals surface area contributed by atoms with Gasteiger partial charge in [0.25, 0.3) is 5.91 Å². The van der Waals surface area contributed by atoms with E-state index in [0.717, 1.165) is 11.1 Å². The lowest BCUT2D eigenvalue weighted by Crippen LogP contribution is -2.16. The summed E-state index contributed by atoms with van der Waals surface area (Å²) in [6.07, 6.45) is 0. The van der Waals surface area contributed by atoms with E-state index in [1.54, 1.807) is 6.07 Å². The van der Waals surface area contributed by atoms with Crippen LogP contribution >= 0.6 is 11.3 Å². The number of nitrogen functional groups attached to an aromatic ring is 1. The molecule has 1 heterocycles. The number of hydrogen-bond acceptors (Lipinski definition) is 3. The number of thiophene rings is 1. The Morgan fingerprint density at radius 3 is 2.55 bits per heavy atom. The van der Waals surface area contributed by atoms with Gasteiger partial charge in [-0.25, -0.2) is 0 Å². The summed E-state index contributed by atoms with van der Waals surface area (Å²) in [5.41, 5.74) is 9.56. The van der Waals surface area contributed by atoms with E-state index in [1.165, 1.54) is 11.3 Å². The third-order valence-electron chi connectivity index (χ3n) is 3.25. The van der Waals surface area contributed by atoms with Gasteiger partial charge in [-0.15, -0.1) is 11.3 Å². The molecule has 0 aliphatic rings. The van der Waals surface area contributed by atoms with E-state index in [2.05, 4.69) is 32.2 Å². The molecule has 1 aromatic heterocycles. The Labute approximate surface area is 123 Å². The summed E-state index contributed by atoms with van der Waals surface area (Å²) in [5.74, 6) is -0.114. The third kappa shape index (κ3) is 3.02. The summed E-state index contributed by atoms with van der Waals surface area (Å²) in [6, 6.07) is 7.71. The fraction of sp³-hybridized carbons (Fsp3) is 0.312. The van der Waals surface area contributed by atoms with Crippen molar-refractivity contribution < 1.29 is 4.79 Å². The second kappa shape index (κ2) is 5.29. The van der Waals surface area contributed by atoms with Crippen LogP contribution in [0.15, 0.2) is 29.6 Å². The molecule has 3 N–H and O–H groups in total. The van der Waals surface area contributed by atoms with Crippen molar-refractivity contribution in [3.8, 4) is 0 Å². The second-order valence-electron chi connectivity index (χ2n) is 5.94. The summed E-state index contributed by atoms with van der Waals surface area (Å²) in [6.45, 7) is 8.39. The molecule has 0 fully saturated rings. The number of rotatable bonds is 2.